The van der Waals surface area contributed by atoms with Crippen LogP contribution in [-0.2, 0) is 12.0 Å². The van der Waals surface area contributed by atoms with Gasteiger partial charge in [-0.05, 0) is 41.5 Å². The molecule has 130 valence electrons. The van der Waals surface area contributed by atoms with Crippen molar-refractivity contribution in [2.75, 3.05) is 6.54 Å². The molecule has 0 spiro atoms. The highest BCUT2D eigenvalue weighted by molar-refractivity contribution is 7.12. The Hall–Kier alpha value is -1.65. The van der Waals surface area contributed by atoms with Crippen LogP contribution in [0.15, 0.2) is 29.6 Å². The molecule has 0 amide bonds. The van der Waals surface area contributed by atoms with Crippen molar-refractivity contribution in [3.8, 4) is 5.75 Å². The molecule has 24 heavy (non-hydrogen) atoms. The van der Waals surface area contributed by atoms with Gasteiger partial charge in [-0.2, -0.15) is 0 Å². The molecule has 0 aliphatic carbocycles. The van der Waals surface area contributed by atoms with Crippen LogP contribution in [0.5, 0.6) is 5.75 Å². The van der Waals surface area contributed by atoms with Crippen LogP contribution in [0.3, 0.4) is 0 Å². The molecule has 2 N–H and O–H groups in total. The second kappa shape index (κ2) is 7.95. The van der Waals surface area contributed by atoms with Gasteiger partial charge in [0.1, 0.15) is 5.75 Å². The lowest BCUT2D eigenvalue weighted by atomic mass is 9.84. The molecule has 1 aromatic heterocycles. The minimum absolute atomic E-state index is 0.0870. The molecule has 0 saturated heterocycles. The number of carbonyl (C=O) groups excluding carboxylic acids is 1. The zero-order valence-electron chi connectivity index (χ0n) is 15.0. The average molecular weight is 346 g/mol. The van der Waals surface area contributed by atoms with Crippen LogP contribution in [0.1, 0.15) is 66.9 Å². The van der Waals surface area contributed by atoms with Crippen LogP contribution in [-0.4, -0.2) is 17.4 Å². The summed E-state index contributed by atoms with van der Waals surface area (Å²) in [5.74, 6) is -0.00573. The van der Waals surface area contributed by atoms with E-state index in [1.807, 2.05) is 23.6 Å². The van der Waals surface area contributed by atoms with Crippen LogP contribution in [0.25, 0.3) is 0 Å². The van der Waals surface area contributed by atoms with Crippen LogP contribution in [0, 0.1) is 0 Å². The standard InChI is InChI=1S/C20H27NO2S/c1-5-6-9-21-13-14-11-15(20(2,3)4)12-16(18(14)22)19(23)17-8-7-10-24-17/h7-8,10-12,21-22H,5-6,9,13H2,1-4H3. The number of unbranched alkanes of at least 4 members (excludes halogenated alkanes) is 1. The van der Waals surface area contributed by atoms with E-state index in [4.69, 9.17) is 0 Å². The van der Waals surface area contributed by atoms with Gasteiger partial charge in [0.2, 0.25) is 5.78 Å². The van der Waals surface area contributed by atoms with Gasteiger partial charge in [0, 0.05) is 12.1 Å². The molecule has 2 rings (SSSR count). The van der Waals surface area contributed by atoms with Crippen molar-refractivity contribution in [2.24, 2.45) is 0 Å². The normalized spacial score (nSPS) is 11.7. The Morgan fingerprint density at radius 3 is 2.62 bits per heavy atom. The van der Waals surface area contributed by atoms with E-state index in [1.165, 1.54) is 11.3 Å². The lowest BCUT2D eigenvalue weighted by Gasteiger charge is -2.22. The Kier molecular flexibility index (Phi) is 6.19. The number of hydrogen-bond acceptors (Lipinski definition) is 4. The molecule has 0 bridgehead atoms. The fourth-order valence-electron chi connectivity index (χ4n) is 2.50. The Morgan fingerprint density at radius 2 is 2.04 bits per heavy atom. The molecule has 0 atom stereocenters. The minimum atomic E-state index is -0.108. The molecule has 1 aromatic carbocycles. The van der Waals surface area contributed by atoms with E-state index in [0.29, 0.717) is 17.0 Å². The maximum absolute atomic E-state index is 12.8. The number of phenols is 1. The highest BCUT2D eigenvalue weighted by Crippen LogP contribution is 2.33. The smallest absolute Gasteiger partial charge is 0.206 e. The minimum Gasteiger partial charge on any atom is -0.507 e. The lowest BCUT2D eigenvalue weighted by Crippen LogP contribution is -2.18. The number of rotatable bonds is 7. The van der Waals surface area contributed by atoms with E-state index in [9.17, 15) is 9.90 Å². The largest absolute Gasteiger partial charge is 0.507 e. The third kappa shape index (κ3) is 4.46. The summed E-state index contributed by atoms with van der Waals surface area (Å²) in [5.41, 5.74) is 2.17. The van der Waals surface area contributed by atoms with Crippen LogP contribution in [0.2, 0.25) is 0 Å². The van der Waals surface area contributed by atoms with Gasteiger partial charge in [0.05, 0.1) is 10.4 Å². The zero-order valence-corrected chi connectivity index (χ0v) is 15.8. The van der Waals surface area contributed by atoms with E-state index in [2.05, 4.69) is 33.0 Å². The summed E-state index contributed by atoms with van der Waals surface area (Å²) >= 11 is 1.40. The van der Waals surface area contributed by atoms with E-state index >= 15 is 0 Å². The van der Waals surface area contributed by atoms with Gasteiger partial charge in [0.15, 0.2) is 0 Å². The van der Waals surface area contributed by atoms with Gasteiger partial charge in [-0.3, -0.25) is 4.79 Å². The van der Waals surface area contributed by atoms with E-state index in [0.717, 1.165) is 30.5 Å². The molecular formula is C20H27NO2S. The first-order valence-corrected chi connectivity index (χ1v) is 9.38. The van der Waals surface area contributed by atoms with E-state index in [1.54, 1.807) is 6.07 Å². The number of aromatic hydroxyl groups is 1. The Morgan fingerprint density at radius 1 is 1.29 bits per heavy atom. The van der Waals surface area contributed by atoms with Crippen LogP contribution < -0.4 is 5.32 Å². The van der Waals surface area contributed by atoms with Crippen molar-refractivity contribution in [3.05, 3.63) is 51.2 Å². The number of hydrogen-bond donors (Lipinski definition) is 2. The molecule has 1 heterocycles. The topological polar surface area (TPSA) is 49.3 Å². The molecule has 2 aromatic rings. The molecule has 0 radical (unpaired) electrons. The number of benzene rings is 1. The highest BCUT2D eigenvalue weighted by Gasteiger charge is 2.23. The quantitative estimate of drug-likeness (QED) is 0.556. The summed E-state index contributed by atoms with van der Waals surface area (Å²) in [6.45, 7) is 9.98. The summed E-state index contributed by atoms with van der Waals surface area (Å²) in [4.78, 5) is 13.4. The number of carbonyl (C=O) groups is 1. The predicted molar refractivity (Wildman–Crippen MR) is 101 cm³/mol. The lowest BCUT2D eigenvalue weighted by molar-refractivity contribution is 0.103. The van der Waals surface area contributed by atoms with Crippen LogP contribution in [0.4, 0.5) is 0 Å². The van der Waals surface area contributed by atoms with Crippen molar-refractivity contribution in [1.29, 1.82) is 0 Å². The summed E-state index contributed by atoms with van der Waals surface area (Å²) in [6.07, 6.45) is 2.23. The SMILES string of the molecule is CCCCNCc1cc(C(C)(C)C)cc(C(=O)c2cccs2)c1O. The molecule has 0 aliphatic rings. The summed E-state index contributed by atoms with van der Waals surface area (Å²) in [7, 11) is 0. The Balaban J connectivity index is 2.39. The maximum atomic E-state index is 12.8. The third-order valence-corrected chi connectivity index (χ3v) is 4.94. The fraction of sp³-hybridized carbons (Fsp3) is 0.450. The fourth-order valence-corrected chi connectivity index (χ4v) is 3.18. The molecule has 3 nitrogen and oxygen atoms in total. The first-order valence-electron chi connectivity index (χ1n) is 8.50. The van der Waals surface area contributed by atoms with Crippen molar-refractivity contribution in [3.63, 3.8) is 0 Å². The first-order chi connectivity index (χ1) is 11.3. The van der Waals surface area contributed by atoms with Gasteiger partial charge in [0.25, 0.3) is 0 Å². The van der Waals surface area contributed by atoms with Gasteiger partial charge >= 0.3 is 0 Å². The zero-order chi connectivity index (χ0) is 17.7. The number of phenolic OH excluding ortho intramolecular Hbond substituents is 1. The molecule has 0 saturated carbocycles. The van der Waals surface area contributed by atoms with Crippen molar-refractivity contribution < 1.29 is 9.90 Å². The molecule has 0 unspecified atom stereocenters. The van der Waals surface area contributed by atoms with Gasteiger partial charge < -0.3 is 10.4 Å². The first kappa shape index (κ1) is 18.7. The number of ketones is 1. The van der Waals surface area contributed by atoms with E-state index < -0.39 is 0 Å². The average Bonchev–Trinajstić information content (AvgIpc) is 3.05. The number of nitrogens with one attached hydrogen (secondary N) is 1. The predicted octanol–water partition coefficient (Wildman–Crippen LogP) is 4.87. The van der Waals surface area contributed by atoms with Gasteiger partial charge in [-0.1, -0.05) is 46.2 Å². The summed E-state index contributed by atoms with van der Waals surface area (Å²) in [6, 6.07) is 7.51. The Bertz CT molecular complexity index is 684. The molecule has 4 heteroatoms. The summed E-state index contributed by atoms with van der Waals surface area (Å²) < 4.78 is 0. The molecular weight excluding hydrogens is 318 g/mol. The second-order valence-electron chi connectivity index (χ2n) is 7.12. The Labute approximate surface area is 148 Å². The van der Waals surface area contributed by atoms with Crippen LogP contribution >= 0.6 is 11.3 Å². The van der Waals surface area contributed by atoms with E-state index in [-0.39, 0.29) is 16.9 Å². The van der Waals surface area contributed by atoms with Crippen molar-refractivity contribution >= 4 is 17.1 Å². The highest BCUT2D eigenvalue weighted by atomic mass is 32.1. The van der Waals surface area contributed by atoms with Gasteiger partial charge in [-0.25, -0.2) is 0 Å². The van der Waals surface area contributed by atoms with Gasteiger partial charge in [-0.15, -0.1) is 11.3 Å². The van der Waals surface area contributed by atoms with Crippen molar-refractivity contribution in [2.45, 2.75) is 52.5 Å². The number of thiophene rings is 1. The second-order valence-corrected chi connectivity index (χ2v) is 8.07. The summed E-state index contributed by atoms with van der Waals surface area (Å²) in [5, 5.41) is 15.9. The maximum Gasteiger partial charge on any atom is 0.206 e. The molecule has 0 fully saturated rings. The third-order valence-electron chi connectivity index (χ3n) is 4.07. The van der Waals surface area contributed by atoms with Crippen molar-refractivity contribution in [1.82, 2.24) is 5.32 Å². The monoisotopic (exact) mass is 345 g/mol. The molecule has 0 aliphatic heterocycles.